The largest absolute Gasteiger partial charge is 0.471 e. The Balaban J connectivity index is 1.55. The summed E-state index contributed by atoms with van der Waals surface area (Å²) in [6.45, 7) is 8.64. The SMILES string of the molecule is CC(C)(C)[C@H](NC(=O)C(F)(F)F)C(=O)N1C[C@H]2[C@@H]([C@H]1C(=O)NC(C#N)Cc1cc3c([nH]c1=O)CCCC3)C2(C)C. The highest BCUT2D eigenvalue weighted by atomic mass is 19.4. The molecular weight excluding hydrogens is 527 g/mol. The predicted molar refractivity (Wildman–Crippen MR) is 139 cm³/mol. The molecule has 0 bridgehead atoms. The van der Waals surface area contributed by atoms with Crippen LogP contribution in [-0.4, -0.2) is 58.5 Å². The van der Waals surface area contributed by atoms with E-state index in [0.29, 0.717) is 5.56 Å². The van der Waals surface area contributed by atoms with Gasteiger partial charge in [0.05, 0.1) is 6.07 Å². The molecule has 3 amide bonds. The van der Waals surface area contributed by atoms with Crippen molar-refractivity contribution in [3.63, 3.8) is 0 Å². The number of pyridine rings is 1. The van der Waals surface area contributed by atoms with Crippen molar-refractivity contribution < 1.29 is 27.6 Å². The van der Waals surface area contributed by atoms with Gasteiger partial charge in [-0.15, -0.1) is 0 Å². The normalized spacial score (nSPS) is 24.7. The van der Waals surface area contributed by atoms with Gasteiger partial charge in [-0.2, -0.15) is 18.4 Å². The Morgan fingerprint density at radius 2 is 1.82 bits per heavy atom. The van der Waals surface area contributed by atoms with Crippen LogP contribution in [-0.2, 0) is 33.6 Å². The Morgan fingerprint density at radius 1 is 1.18 bits per heavy atom. The molecule has 2 aliphatic carbocycles. The minimum absolute atomic E-state index is 0.0325. The molecule has 3 aliphatic rings. The molecule has 1 saturated heterocycles. The molecule has 9 nitrogen and oxygen atoms in total. The fourth-order valence-corrected chi connectivity index (χ4v) is 6.32. The van der Waals surface area contributed by atoms with Gasteiger partial charge in [-0.3, -0.25) is 19.2 Å². The number of aromatic amines is 1. The Hall–Kier alpha value is -3.36. The van der Waals surface area contributed by atoms with Gasteiger partial charge in [0.2, 0.25) is 11.8 Å². The number of amides is 3. The number of likely N-dealkylation sites (tertiary alicyclic amines) is 1. The zero-order valence-electron chi connectivity index (χ0n) is 23.4. The summed E-state index contributed by atoms with van der Waals surface area (Å²) in [6, 6.07) is 0.191. The molecule has 1 aromatic heterocycles. The summed E-state index contributed by atoms with van der Waals surface area (Å²) in [5, 5.41) is 14.3. The number of nitrogens with one attached hydrogen (secondary N) is 3. The summed E-state index contributed by atoms with van der Waals surface area (Å²) in [5.41, 5.74) is 0.607. The van der Waals surface area contributed by atoms with Crippen molar-refractivity contribution in [1.82, 2.24) is 20.5 Å². The summed E-state index contributed by atoms with van der Waals surface area (Å²) < 4.78 is 39.1. The van der Waals surface area contributed by atoms with E-state index in [-0.39, 0.29) is 35.8 Å². The first-order valence-electron chi connectivity index (χ1n) is 13.6. The molecule has 5 atom stereocenters. The van der Waals surface area contributed by atoms with Crippen LogP contribution in [0.3, 0.4) is 0 Å². The number of alkyl halides is 3. The molecule has 0 radical (unpaired) electrons. The lowest BCUT2D eigenvalue weighted by Gasteiger charge is -2.37. The number of hydrogen-bond donors (Lipinski definition) is 3. The van der Waals surface area contributed by atoms with Gasteiger partial charge in [0, 0.05) is 24.2 Å². The summed E-state index contributed by atoms with van der Waals surface area (Å²) >= 11 is 0. The number of carbonyl (C=O) groups excluding carboxylic acids is 3. The first-order valence-corrected chi connectivity index (χ1v) is 13.6. The summed E-state index contributed by atoms with van der Waals surface area (Å²) in [4.78, 5) is 55.8. The zero-order chi connectivity index (χ0) is 29.8. The van der Waals surface area contributed by atoms with Crippen LogP contribution < -0.4 is 16.2 Å². The van der Waals surface area contributed by atoms with E-state index in [4.69, 9.17) is 0 Å². The minimum Gasteiger partial charge on any atom is -0.338 e. The van der Waals surface area contributed by atoms with E-state index in [2.05, 4.69) is 10.3 Å². The number of aryl methyl sites for hydroxylation is 2. The van der Waals surface area contributed by atoms with E-state index in [1.165, 1.54) is 25.7 Å². The highest BCUT2D eigenvalue weighted by Gasteiger charge is 2.70. The van der Waals surface area contributed by atoms with Crippen LogP contribution in [0, 0.1) is 34.0 Å². The second-order valence-electron chi connectivity index (χ2n) is 12.9. The van der Waals surface area contributed by atoms with Crippen LogP contribution in [0.1, 0.15) is 64.3 Å². The second-order valence-corrected chi connectivity index (χ2v) is 12.9. The lowest BCUT2D eigenvalue weighted by molar-refractivity contribution is -0.176. The third-order valence-electron chi connectivity index (χ3n) is 8.72. The van der Waals surface area contributed by atoms with Gasteiger partial charge in [0.1, 0.15) is 18.1 Å². The van der Waals surface area contributed by atoms with E-state index in [1.54, 1.807) is 6.07 Å². The molecule has 4 rings (SSSR count). The lowest BCUT2D eigenvalue weighted by atomic mass is 9.85. The molecule has 0 spiro atoms. The highest BCUT2D eigenvalue weighted by Crippen LogP contribution is 2.65. The maximum Gasteiger partial charge on any atom is 0.471 e. The number of rotatable bonds is 6. The minimum atomic E-state index is -5.18. The molecule has 1 aliphatic heterocycles. The van der Waals surface area contributed by atoms with Crippen LogP contribution in [0.15, 0.2) is 10.9 Å². The second kappa shape index (κ2) is 10.2. The van der Waals surface area contributed by atoms with Crippen LogP contribution in [0.5, 0.6) is 0 Å². The summed E-state index contributed by atoms with van der Waals surface area (Å²) in [6.07, 6.45) is -1.62. The van der Waals surface area contributed by atoms with Crippen molar-refractivity contribution in [1.29, 1.82) is 5.26 Å². The van der Waals surface area contributed by atoms with Gasteiger partial charge < -0.3 is 20.5 Å². The molecule has 2 fully saturated rings. The monoisotopic (exact) mass is 563 g/mol. The number of piperidine rings is 1. The van der Waals surface area contributed by atoms with E-state index in [9.17, 15) is 37.6 Å². The molecule has 1 unspecified atom stereocenters. The smallest absolute Gasteiger partial charge is 0.338 e. The number of hydrogen-bond acceptors (Lipinski definition) is 5. The Morgan fingerprint density at radius 3 is 2.42 bits per heavy atom. The van der Waals surface area contributed by atoms with Crippen LogP contribution in [0.2, 0.25) is 0 Å². The van der Waals surface area contributed by atoms with Crippen molar-refractivity contribution >= 4 is 17.7 Å². The quantitative estimate of drug-likeness (QED) is 0.489. The maximum absolute atomic E-state index is 13.6. The summed E-state index contributed by atoms with van der Waals surface area (Å²) in [5.74, 6) is -3.95. The number of nitrogens with zero attached hydrogens (tertiary/aromatic N) is 2. The first-order chi connectivity index (χ1) is 18.5. The van der Waals surface area contributed by atoms with Crippen LogP contribution in [0.4, 0.5) is 13.2 Å². The van der Waals surface area contributed by atoms with Gasteiger partial charge in [-0.25, -0.2) is 0 Å². The average Bonchev–Trinajstić information content (AvgIpc) is 3.18. The number of halogens is 3. The topological polar surface area (TPSA) is 135 Å². The van der Waals surface area contributed by atoms with Crippen molar-refractivity contribution in [2.75, 3.05) is 6.54 Å². The van der Waals surface area contributed by atoms with Gasteiger partial charge >= 0.3 is 12.1 Å². The van der Waals surface area contributed by atoms with Crippen molar-refractivity contribution in [3.8, 4) is 6.07 Å². The molecule has 1 saturated carbocycles. The number of H-pyrrole nitrogens is 1. The number of carbonyl (C=O) groups is 3. The highest BCUT2D eigenvalue weighted by molar-refractivity contribution is 5.95. The Kier molecular flexibility index (Phi) is 7.58. The molecule has 1 aromatic rings. The van der Waals surface area contributed by atoms with E-state index >= 15 is 0 Å². The van der Waals surface area contributed by atoms with Crippen LogP contribution >= 0.6 is 0 Å². The van der Waals surface area contributed by atoms with Crippen molar-refractivity contribution in [2.45, 2.75) is 91.0 Å². The molecule has 40 heavy (non-hydrogen) atoms. The third kappa shape index (κ3) is 5.60. The van der Waals surface area contributed by atoms with E-state index in [0.717, 1.165) is 36.9 Å². The summed E-state index contributed by atoms with van der Waals surface area (Å²) in [7, 11) is 0. The van der Waals surface area contributed by atoms with Gasteiger partial charge in [0.25, 0.3) is 5.56 Å². The third-order valence-corrected chi connectivity index (χ3v) is 8.72. The van der Waals surface area contributed by atoms with Crippen molar-refractivity contribution in [3.05, 3.63) is 33.2 Å². The van der Waals surface area contributed by atoms with Crippen molar-refractivity contribution in [2.24, 2.45) is 22.7 Å². The Labute approximate surface area is 230 Å². The van der Waals surface area contributed by atoms with E-state index in [1.807, 2.05) is 25.2 Å². The Bertz CT molecular complexity index is 1310. The van der Waals surface area contributed by atoms with Gasteiger partial charge in [-0.1, -0.05) is 34.6 Å². The molecule has 0 aromatic carbocycles. The molecular formula is C28H36F3N5O4. The maximum atomic E-state index is 13.6. The molecule has 3 N–H and O–H groups in total. The molecule has 2 heterocycles. The first kappa shape index (κ1) is 29.6. The average molecular weight is 564 g/mol. The van der Waals surface area contributed by atoms with Crippen LogP contribution in [0.25, 0.3) is 0 Å². The van der Waals surface area contributed by atoms with Gasteiger partial charge in [-0.05, 0) is 60.0 Å². The molecule has 12 heteroatoms. The molecule has 218 valence electrons. The lowest BCUT2D eigenvalue weighted by Crippen LogP contribution is -2.61. The fourth-order valence-electron chi connectivity index (χ4n) is 6.32. The number of nitriles is 1. The fraction of sp³-hybridized carbons (Fsp3) is 0.679. The van der Waals surface area contributed by atoms with E-state index < -0.39 is 47.4 Å². The zero-order valence-corrected chi connectivity index (χ0v) is 23.4. The predicted octanol–water partition coefficient (Wildman–Crippen LogP) is 2.38. The number of aromatic nitrogens is 1. The van der Waals surface area contributed by atoms with Gasteiger partial charge in [0.15, 0.2) is 0 Å². The number of fused-ring (bicyclic) bond motifs is 2. The standard InChI is InChI=1S/C28H36F3N5O4/c1-26(2,3)21(35-25(40)28(29,30)31)24(39)36-13-17-19(27(17,4)5)20(36)23(38)33-16(12-32)11-15-10-14-8-6-7-9-18(14)34-22(15)37/h10,16-17,19-21H,6-9,11,13H2,1-5H3,(H,33,38)(H,34,37)(H,35,40)/t16?,17-,19-,20-,21+/m0/s1.